The van der Waals surface area contributed by atoms with Crippen LogP contribution >= 0.6 is 0 Å². The lowest BCUT2D eigenvalue weighted by atomic mass is 9.85. The van der Waals surface area contributed by atoms with Gasteiger partial charge in [-0.1, -0.05) is 26.0 Å². The first-order valence-corrected chi connectivity index (χ1v) is 6.81. The zero-order chi connectivity index (χ0) is 16.2. The molecular weight excluding hydrogens is 270 g/mol. The van der Waals surface area contributed by atoms with Gasteiger partial charge in [0.15, 0.2) is 5.78 Å². The van der Waals surface area contributed by atoms with Crippen LogP contribution in [0.1, 0.15) is 54.8 Å². The van der Waals surface area contributed by atoms with Gasteiger partial charge in [-0.2, -0.15) is 0 Å². The summed E-state index contributed by atoms with van der Waals surface area (Å²) >= 11 is 0. The minimum Gasteiger partial charge on any atom is -0.481 e. The molecule has 1 amide bonds. The molecule has 1 unspecified atom stereocenters. The van der Waals surface area contributed by atoms with E-state index in [1.807, 2.05) is 13.8 Å². The van der Waals surface area contributed by atoms with Crippen molar-refractivity contribution in [2.45, 2.75) is 39.7 Å². The first kappa shape index (κ1) is 16.9. The minimum absolute atomic E-state index is 0.0333. The average molecular weight is 291 g/mol. The van der Waals surface area contributed by atoms with Crippen LogP contribution in [0.2, 0.25) is 0 Å². The van der Waals surface area contributed by atoms with Crippen molar-refractivity contribution in [3.8, 4) is 0 Å². The molecule has 0 radical (unpaired) electrons. The lowest BCUT2D eigenvalue weighted by Gasteiger charge is -2.33. The average Bonchev–Trinajstić information content (AvgIpc) is 2.37. The maximum Gasteiger partial charge on any atom is 0.305 e. The van der Waals surface area contributed by atoms with Crippen molar-refractivity contribution in [2.24, 2.45) is 5.92 Å². The highest BCUT2D eigenvalue weighted by Crippen LogP contribution is 2.21. The van der Waals surface area contributed by atoms with Crippen molar-refractivity contribution in [1.29, 1.82) is 0 Å². The summed E-state index contributed by atoms with van der Waals surface area (Å²) in [7, 11) is 0. The van der Waals surface area contributed by atoms with Crippen LogP contribution in [0.3, 0.4) is 0 Å². The van der Waals surface area contributed by atoms with Crippen molar-refractivity contribution in [3.63, 3.8) is 0 Å². The summed E-state index contributed by atoms with van der Waals surface area (Å²) in [6, 6.07) is 6.30. The minimum atomic E-state index is -0.960. The number of carbonyl (C=O) groups is 3. The molecule has 1 atom stereocenters. The van der Waals surface area contributed by atoms with E-state index in [1.165, 1.54) is 6.92 Å². The molecule has 2 N–H and O–H groups in total. The molecule has 0 spiro atoms. The molecule has 0 saturated carbocycles. The second-order valence-corrected chi connectivity index (χ2v) is 5.73. The van der Waals surface area contributed by atoms with Crippen LogP contribution in [0.4, 0.5) is 0 Å². The molecule has 0 aliphatic carbocycles. The highest BCUT2D eigenvalue weighted by Gasteiger charge is 2.33. The standard InChI is InChI=1S/C16H21NO4/c1-10(2)16(4,9-14(19)20)17-15(21)13-7-5-12(6-8-13)11(3)18/h5-8,10H,9H2,1-4H3,(H,17,21)(H,19,20). The van der Waals surface area contributed by atoms with Gasteiger partial charge in [-0.05, 0) is 31.9 Å². The van der Waals surface area contributed by atoms with E-state index in [1.54, 1.807) is 31.2 Å². The Bertz CT molecular complexity index is 548. The summed E-state index contributed by atoms with van der Waals surface area (Å²) < 4.78 is 0. The molecule has 1 aromatic rings. The summed E-state index contributed by atoms with van der Waals surface area (Å²) in [6.45, 7) is 6.90. The summed E-state index contributed by atoms with van der Waals surface area (Å²) in [4.78, 5) is 34.4. The predicted octanol–water partition coefficient (Wildman–Crippen LogP) is 2.51. The molecule has 1 rings (SSSR count). The van der Waals surface area contributed by atoms with Crippen LogP contribution in [0, 0.1) is 5.92 Å². The number of Topliss-reactive ketones (excluding diaryl/α,β-unsaturated/α-hetero) is 1. The number of nitrogens with one attached hydrogen (secondary N) is 1. The van der Waals surface area contributed by atoms with Gasteiger partial charge in [0.2, 0.25) is 0 Å². The molecule has 21 heavy (non-hydrogen) atoms. The molecule has 0 heterocycles. The van der Waals surface area contributed by atoms with Gasteiger partial charge in [0.1, 0.15) is 0 Å². The lowest BCUT2D eigenvalue weighted by molar-refractivity contribution is -0.138. The highest BCUT2D eigenvalue weighted by atomic mass is 16.4. The first-order chi connectivity index (χ1) is 9.65. The van der Waals surface area contributed by atoms with Gasteiger partial charge in [-0.15, -0.1) is 0 Å². The number of rotatable bonds is 6. The van der Waals surface area contributed by atoms with Crippen LogP contribution in [0.25, 0.3) is 0 Å². The Morgan fingerprint density at radius 1 is 1.14 bits per heavy atom. The van der Waals surface area contributed by atoms with Crippen LogP contribution < -0.4 is 5.32 Å². The van der Waals surface area contributed by atoms with Crippen molar-refractivity contribution in [1.82, 2.24) is 5.32 Å². The zero-order valence-electron chi connectivity index (χ0n) is 12.8. The van der Waals surface area contributed by atoms with E-state index < -0.39 is 11.5 Å². The summed E-state index contributed by atoms with van der Waals surface area (Å²) in [5.41, 5.74) is 0.100. The topological polar surface area (TPSA) is 83.5 Å². The number of aliphatic carboxylic acids is 1. The lowest BCUT2D eigenvalue weighted by Crippen LogP contribution is -2.51. The summed E-state index contributed by atoms with van der Waals surface area (Å²) in [6.07, 6.45) is -0.151. The molecule has 5 heteroatoms. The fraction of sp³-hybridized carbons (Fsp3) is 0.438. The van der Waals surface area contributed by atoms with E-state index in [4.69, 9.17) is 5.11 Å². The second-order valence-electron chi connectivity index (χ2n) is 5.73. The molecule has 114 valence electrons. The van der Waals surface area contributed by atoms with E-state index in [0.29, 0.717) is 11.1 Å². The number of carboxylic acids is 1. The molecule has 5 nitrogen and oxygen atoms in total. The smallest absolute Gasteiger partial charge is 0.305 e. The predicted molar refractivity (Wildman–Crippen MR) is 79.4 cm³/mol. The number of carbonyl (C=O) groups excluding carboxylic acids is 2. The van der Waals surface area contributed by atoms with Gasteiger partial charge in [0.05, 0.1) is 12.0 Å². The van der Waals surface area contributed by atoms with Crippen LogP contribution in [0.15, 0.2) is 24.3 Å². The second kappa shape index (κ2) is 6.52. The van der Waals surface area contributed by atoms with Gasteiger partial charge in [-0.25, -0.2) is 0 Å². The number of hydrogen-bond acceptors (Lipinski definition) is 3. The Morgan fingerprint density at radius 2 is 1.62 bits per heavy atom. The first-order valence-electron chi connectivity index (χ1n) is 6.81. The number of carboxylic acid groups (broad SMARTS) is 1. The number of hydrogen-bond donors (Lipinski definition) is 2. The van der Waals surface area contributed by atoms with E-state index in [-0.39, 0.29) is 24.0 Å². The molecule has 0 saturated heterocycles. The zero-order valence-corrected chi connectivity index (χ0v) is 12.8. The van der Waals surface area contributed by atoms with E-state index >= 15 is 0 Å². The Morgan fingerprint density at radius 3 is 2.00 bits per heavy atom. The van der Waals surface area contributed by atoms with Crippen molar-refractivity contribution >= 4 is 17.7 Å². The number of benzene rings is 1. The van der Waals surface area contributed by atoms with E-state index in [0.717, 1.165) is 0 Å². The Hall–Kier alpha value is -2.17. The van der Waals surface area contributed by atoms with Gasteiger partial charge >= 0.3 is 5.97 Å². The molecule has 0 fully saturated rings. The Kier molecular flexibility index (Phi) is 5.24. The third-order valence-corrected chi connectivity index (χ3v) is 3.75. The normalized spacial score (nSPS) is 13.6. The van der Waals surface area contributed by atoms with E-state index in [9.17, 15) is 14.4 Å². The van der Waals surface area contributed by atoms with Gasteiger partial charge in [0, 0.05) is 11.1 Å². The number of amides is 1. The number of ketones is 1. The van der Waals surface area contributed by atoms with Gasteiger partial charge < -0.3 is 10.4 Å². The van der Waals surface area contributed by atoms with E-state index in [2.05, 4.69) is 5.32 Å². The molecule has 1 aromatic carbocycles. The quantitative estimate of drug-likeness (QED) is 0.789. The fourth-order valence-electron chi connectivity index (χ4n) is 1.89. The van der Waals surface area contributed by atoms with Gasteiger partial charge in [-0.3, -0.25) is 14.4 Å². The SMILES string of the molecule is CC(=O)c1ccc(C(=O)NC(C)(CC(=O)O)C(C)C)cc1. The highest BCUT2D eigenvalue weighted by molar-refractivity contribution is 5.98. The largest absolute Gasteiger partial charge is 0.481 e. The molecular formula is C16H21NO4. The maximum absolute atomic E-state index is 12.2. The maximum atomic E-state index is 12.2. The van der Waals surface area contributed by atoms with Crippen LogP contribution in [-0.2, 0) is 4.79 Å². The molecule has 0 aliphatic heterocycles. The molecule has 0 bridgehead atoms. The monoisotopic (exact) mass is 291 g/mol. The van der Waals surface area contributed by atoms with Crippen molar-refractivity contribution in [3.05, 3.63) is 35.4 Å². The van der Waals surface area contributed by atoms with Crippen LogP contribution in [-0.4, -0.2) is 28.3 Å². The third kappa shape index (κ3) is 4.41. The molecule has 0 aromatic heterocycles. The fourth-order valence-corrected chi connectivity index (χ4v) is 1.89. The van der Waals surface area contributed by atoms with Crippen molar-refractivity contribution < 1.29 is 19.5 Å². The summed E-state index contributed by atoms with van der Waals surface area (Å²) in [5.74, 6) is -1.41. The molecule has 0 aliphatic rings. The summed E-state index contributed by atoms with van der Waals surface area (Å²) in [5, 5.41) is 11.8. The van der Waals surface area contributed by atoms with Crippen LogP contribution in [0.5, 0.6) is 0 Å². The van der Waals surface area contributed by atoms with Crippen molar-refractivity contribution in [2.75, 3.05) is 0 Å². The van der Waals surface area contributed by atoms with Gasteiger partial charge in [0.25, 0.3) is 5.91 Å². The Balaban J connectivity index is 2.92. The third-order valence-electron chi connectivity index (χ3n) is 3.75. The Labute approximate surface area is 124 Å².